The Hall–Kier alpha value is -3.17. The molecule has 188 valence electrons. The summed E-state index contributed by atoms with van der Waals surface area (Å²) in [5.41, 5.74) is 12.4. The highest BCUT2D eigenvalue weighted by molar-refractivity contribution is 7.81. The van der Waals surface area contributed by atoms with E-state index in [1.54, 1.807) is 12.2 Å². The second-order valence-electron chi connectivity index (χ2n) is 9.71. The molecule has 4 aliphatic heterocycles. The first-order chi connectivity index (χ1) is 16.6. The average Bonchev–Trinajstić information content (AvgIpc) is 3.71. The van der Waals surface area contributed by atoms with Crippen molar-refractivity contribution in [3.05, 3.63) is 23.3 Å². The maximum atomic E-state index is 12.9. The highest BCUT2D eigenvalue weighted by Crippen LogP contribution is 2.45. The fourth-order valence-electron chi connectivity index (χ4n) is 5.48. The van der Waals surface area contributed by atoms with Gasteiger partial charge in [0.2, 0.25) is 11.8 Å². The number of carbonyl (C=O) groups excluding carboxylic acids is 4. The number of fused-ring (bicyclic) bond motifs is 4. The standard InChI is InChI=1S/C20H24N6O8S/c21-17(27)15-13(9-1-2-9)5-11-7-23(15)19(29)25(11)33-35(31,32)34-26-12-6-14(10-3-4-10)16(18(22)28)24(8-12)20(26)30/h5-6,9-12,15-16H,1-4,7-8H2,(H2,21,27)(H2,22,28). The van der Waals surface area contributed by atoms with Gasteiger partial charge in [-0.1, -0.05) is 12.2 Å². The van der Waals surface area contributed by atoms with Crippen LogP contribution in [0.1, 0.15) is 25.7 Å². The fraction of sp³-hybridized carbons (Fsp3) is 0.600. The van der Waals surface area contributed by atoms with Crippen molar-refractivity contribution in [2.45, 2.75) is 49.9 Å². The lowest BCUT2D eigenvalue weighted by Crippen LogP contribution is -2.49. The Labute approximate surface area is 200 Å². The van der Waals surface area contributed by atoms with Gasteiger partial charge in [0.1, 0.15) is 12.1 Å². The Kier molecular flexibility index (Phi) is 4.72. The van der Waals surface area contributed by atoms with Crippen LogP contribution in [0, 0.1) is 11.8 Å². The third kappa shape index (κ3) is 3.56. The van der Waals surface area contributed by atoms with Crippen molar-refractivity contribution in [3.63, 3.8) is 0 Å². The number of nitrogens with zero attached hydrogens (tertiary/aromatic N) is 4. The zero-order valence-corrected chi connectivity index (χ0v) is 19.3. The largest absolute Gasteiger partial charge is 0.442 e. The molecule has 14 nitrogen and oxygen atoms in total. The van der Waals surface area contributed by atoms with Crippen molar-refractivity contribution >= 4 is 34.3 Å². The molecule has 0 aromatic carbocycles. The van der Waals surface area contributed by atoms with E-state index in [9.17, 15) is 27.6 Å². The van der Waals surface area contributed by atoms with E-state index in [0.29, 0.717) is 21.3 Å². The first-order valence-corrected chi connectivity index (χ1v) is 12.7. The van der Waals surface area contributed by atoms with E-state index in [1.165, 1.54) is 9.80 Å². The van der Waals surface area contributed by atoms with Crippen LogP contribution in [-0.4, -0.2) is 89.5 Å². The van der Waals surface area contributed by atoms with Crippen LogP contribution < -0.4 is 11.5 Å². The van der Waals surface area contributed by atoms with Gasteiger partial charge in [0.05, 0.1) is 25.2 Å². The summed E-state index contributed by atoms with van der Waals surface area (Å²) < 4.78 is 35.6. The van der Waals surface area contributed by atoms with E-state index in [4.69, 9.17) is 20.0 Å². The third-order valence-corrected chi connectivity index (χ3v) is 7.93. The molecular formula is C20H24N6O8S. The lowest BCUT2D eigenvalue weighted by Gasteiger charge is -2.29. The zero-order chi connectivity index (χ0) is 24.8. The minimum Gasteiger partial charge on any atom is -0.368 e. The molecule has 6 aliphatic rings. The second-order valence-corrected chi connectivity index (χ2v) is 10.8. The normalized spacial score (nSPS) is 32.2. The van der Waals surface area contributed by atoms with E-state index in [-0.39, 0.29) is 24.9 Å². The van der Waals surface area contributed by atoms with Crippen LogP contribution in [-0.2, 0) is 28.6 Å². The Morgan fingerprint density at radius 3 is 1.46 bits per heavy atom. The molecule has 0 aromatic rings. The second kappa shape index (κ2) is 7.41. The number of urea groups is 2. The molecule has 2 saturated heterocycles. The summed E-state index contributed by atoms with van der Waals surface area (Å²) in [5.74, 6) is -1.19. The highest BCUT2D eigenvalue weighted by atomic mass is 32.3. The molecule has 4 heterocycles. The fourth-order valence-corrected chi connectivity index (χ4v) is 6.25. The smallest absolute Gasteiger partial charge is 0.368 e. The summed E-state index contributed by atoms with van der Waals surface area (Å²) in [6, 6.07) is -5.18. The maximum absolute atomic E-state index is 12.9. The Bertz CT molecular complexity index is 1120. The van der Waals surface area contributed by atoms with E-state index in [2.05, 4.69) is 0 Å². The van der Waals surface area contributed by atoms with Gasteiger partial charge in [-0.3, -0.25) is 9.59 Å². The molecule has 0 aromatic heterocycles. The summed E-state index contributed by atoms with van der Waals surface area (Å²) in [7, 11) is -4.95. The van der Waals surface area contributed by atoms with Crippen molar-refractivity contribution in [1.82, 2.24) is 19.9 Å². The van der Waals surface area contributed by atoms with Gasteiger partial charge in [-0.05, 0) is 48.7 Å². The van der Waals surface area contributed by atoms with Gasteiger partial charge < -0.3 is 21.3 Å². The minimum atomic E-state index is -4.95. The maximum Gasteiger partial charge on any atom is 0.442 e. The molecule has 6 amide bonds. The van der Waals surface area contributed by atoms with Crippen LogP contribution in [0.2, 0.25) is 0 Å². The Morgan fingerprint density at radius 2 is 1.14 bits per heavy atom. The SMILES string of the molecule is NC(=O)C1C(C2CC2)=CC2CN1C(=O)N2OS(=O)(=O)ON1C(=O)N2CC1C=C(C1CC1)C2C(N)=O. The number of rotatable bonds is 8. The third-order valence-electron chi connectivity index (χ3n) is 7.24. The summed E-state index contributed by atoms with van der Waals surface area (Å²) in [6.07, 6.45) is 6.70. The van der Waals surface area contributed by atoms with Gasteiger partial charge >= 0.3 is 22.5 Å². The van der Waals surface area contributed by atoms with Gasteiger partial charge in [0.25, 0.3) is 0 Å². The molecule has 15 heteroatoms. The number of nitrogens with two attached hydrogens (primary N) is 2. The summed E-state index contributed by atoms with van der Waals surface area (Å²) in [5, 5.41) is 1.23. The molecule has 6 rings (SSSR count). The van der Waals surface area contributed by atoms with Crippen molar-refractivity contribution in [1.29, 1.82) is 0 Å². The molecule has 0 radical (unpaired) electrons. The molecule has 35 heavy (non-hydrogen) atoms. The van der Waals surface area contributed by atoms with E-state index >= 15 is 0 Å². The molecule has 4 unspecified atom stereocenters. The van der Waals surface area contributed by atoms with Crippen LogP contribution in [0.25, 0.3) is 0 Å². The molecule has 4 fully saturated rings. The predicted octanol–water partition coefficient (Wildman–Crippen LogP) is -1.29. The van der Waals surface area contributed by atoms with E-state index in [0.717, 1.165) is 25.7 Å². The zero-order valence-electron chi connectivity index (χ0n) is 18.5. The number of amides is 6. The van der Waals surface area contributed by atoms with Crippen molar-refractivity contribution in [2.24, 2.45) is 23.3 Å². The van der Waals surface area contributed by atoms with E-state index in [1.807, 2.05) is 0 Å². The first-order valence-electron chi connectivity index (χ1n) is 11.4. The quantitative estimate of drug-likeness (QED) is 0.379. The van der Waals surface area contributed by atoms with Crippen molar-refractivity contribution < 1.29 is 36.2 Å². The predicted molar refractivity (Wildman–Crippen MR) is 114 cm³/mol. The topological polar surface area (TPSA) is 186 Å². The molecule has 4 bridgehead atoms. The van der Waals surface area contributed by atoms with Crippen LogP contribution in [0.5, 0.6) is 0 Å². The number of hydrogen-bond acceptors (Lipinski definition) is 8. The Balaban J connectivity index is 1.22. The van der Waals surface area contributed by atoms with Crippen LogP contribution in [0.3, 0.4) is 0 Å². The van der Waals surface area contributed by atoms with E-state index < -0.39 is 58.4 Å². The van der Waals surface area contributed by atoms with Gasteiger partial charge in [-0.15, -0.1) is 8.57 Å². The number of hydroxylamine groups is 4. The van der Waals surface area contributed by atoms with Crippen LogP contribution >= 0.6 is 0 Å². The minimum absolute atomic E-state index is 0.0189. The summed E-state index contributed by atoms with van der Waals surface area (Å²) in [6.45, 7) is 0.0377. The molecule has 2 aliphatic carbocycles. The van der Waals surface area contributed by atoms with Crippen molar-refractivity contribution in [3.8, 4) is 0 Å². The monoisotopic (exact) mass is 508 g/mol. The molecule has 4 atom stereocenters. The summed E-state index contributed by atoms with van der Waals surface area (Å²) in [4.78, 5) is 52.3. The number of hydrogen-bond donors (Lipinski definition) is 2. The van der Waals surface area contributed by atoms with Crippen molar-refractivity contribution in [2.75, 3.05) is 13.1 Å². The van der Waals surface area contributed by atoms with Gasteiger partial charge in [-0.25, -0.2) is 9.59 Å². The van der Waals surface area contributed by atoms with Crippen LogP contribution in [0.4, 0.5) is 9.59 Å². The molecule has 4 N–H and O–H groups in total. The molecule has 2 saturated carbocycles. The number of primary amides is 2. The average molecular weight is 509 g/mol. The first kappa shape index (κ1) is 22.3. The van der Waals surface area contributed by atoms with Gasteiger partial charge in [0.15, 0.2) is 0 Å². The molecular weight excluding hydrogens is 484 g/mol. The lowest BCUT2D eigenvalue weighted by molar-refractivity contribution is -0.122. The molecule has 0 spiro atoms. The Morgan fingerprint density at radius 1 is 0.771 bits per heavy atom. The highest BCUT2D eigenvalue weighted by Gasteiger charge is 2.54. The van der Waals surface area contributed by atoms with Gasteiger partial charge in [0, 0.05) is 0 Å². The van der Waals surface area contributed by atoms with Crippen LogP contribution in [0.15, 0.2) is 23.3 Å². The van der Waals surface area contributed by atoms with Gasteiger partial charge in [-0.2, -0.15) is 18.5 Å². The number of carbonyl (C=O) groups is 4. The summed E-state index contributed by atoms with van der Waals surface area (Å²) >= 11 is 0. The lowest BCUT2D eigenvalue weighted by atomic mass is 9.95.